The molecule has 0 unspecified atom stereocenters. The monoisotopic (exact) mass is 317 g/mol. The number of rotatable bonds is 1. The van der Waals surface area contributed by atoms with Crippen molar-refractivity contribution in [3.63, 3.8) is 0 Å². The predicted octanol–water partition coefficient (Wildman–Crippen LogP) is 3.71. The van der Waals surface area contributed by atoms with Crippen molar-refractivity contribution < 1.29 is 4.39 Å². The van der Waals surface area contributed by atoms with Crippen LogP contribution in [0.4, 0.5) is 4.39 Å². The van der Waals surface area contributed by atoms with Crippen LogP contribution in [0.3, 0.4) is 0 Å². The van der Waals surface area contributed by atoms with E-state index in [1.54, 1.807) is 6.07 Å². The van der Waals surface area contributed by atoms with E-state index in [0.29, 0.717) is 5.39 Å². The van der Waals surface area contributed by atoms with E-state index in [-0.39, 0.29) is 12.2 Å². The summed E-state index contributed by atoms with van der Waals surface area (Å²) in [4.78, 5) is 0. The SMILES string of the molecule is N#CCc1c(I)sc2cccc(F)c12. The number of nitrogens with zero attached hydrogens (tertiary/aromatic N) is 1. The Balaban J connectivity index is 2.81. The maximum atomic E-state index is 13.5. The van der Waals surface area contributed by atoms with Gasteiger partial charge in [-0.2, -0.15) is 5.26 Å². The van der Waals surface area contributed by atoms with Gasteiger partial charge in [-0.1, -0.05) is 6.07 Å². The molecule has 0 atom stereocenters. The fourth-order valence-corrected chi connectivity index (χ4v) is 3.51. The van der Waals surface area contributed by atoms with Crippen LogP contribution in [-0.2, 0) is 6.42 Å². The zero-order valence-electron chi connectivity index (χ0n) is 7.05. The second-order valence-electron chi connectivity index (χ2n) is 2.80. The first-order valence-electron chi connectivity index (χ1n) is 3.96. The molecule has 0 saturated heterocycles. The molecule has 0 aliphatic rings. The fraction of sp³-hybridized carbons (Fsp3) is 0.100. The lowest BCUT2D eigenvalue weighted by atomic mass is 10.1. The lowest BCUT2D eigenvalue weighted by Gasteiger charge is -1.94. The average molecular weight is 317 g/mol. The fourth-order valence-electron chi connectivity index (χ4n) is 1.38. The average Bonchev–Trinajstić information content (AvgIpc) is 2.45. The van der Waals surface area contributed by atoms with E-state index in [9.17, 15) is 4.39 Å². The molecule has 0 bridgehead atoms. The topological polar surface area (TPSA) is 23.8 Å². The van der Waals surface area contributed by atoms with Crippen molar-refractivity contribution in [1.82, 2.24) is 0 Å². The predicted molar refractivity (Wildman–Crippen MR) is 63.8 cm³/mol. The largest absolute Gasteiger partial charge is 0.206 e. The molecule has 0 aliphatic heterocycles. The molecule has 0 amide bonds. The molecular weight excluding hydrogens is 312 g/mol. The molecule has 1 nitrogen and oxygen atoms in total. The van der Waals surface area contributed by atoms with Crippen LogP contribution < -0.4 is 0 Å². The molecule has 0 N–H and O–H groups in total. The first-order chi connectivity index (χ1) is 6.74. The van der Waals surface area contributed by atoms with E-state index < -0.39 is 0 Å². The van der Waals surface area contributed by atoms with Crippen LogP contribution in [0.2, 0.25) is 0 Å². The van der Waals surface area contributed by atoms with Gasteiger partial charge in [-0.3, -0.25) is 0 Å². The van der Waals surface area contributed by atoms with Gasteiger partial charge in [0.1, 0.15) is 5.82 Å². The highest BCUT2D eigenvalue weighted by molar-refractivity contribution is 14.1. The number of halogens is 2. The summed E-state index contributed by atoms with van der Waals surface area (Å²) in [5, 5.41) is 9.26. The summed E-state index contributed by atoms with van der Waals surface area (Å²) >= 11 is 3.68. The third kappa shape index (κ3) is 1.51. The Labute approximate surface area is 98.3 Å². The highest BCUT2D eigenvalue weighted by Crippen LogP contribution is 2.34. The Morgan fingerprint density at radius 1 is 1.50 bits per heavy atom. The summed E-state index contributed by atoms with van der Waals surface area (Å²) in [5.74, 6) is -0.230. The standard InChI is InChI=1S/C10H5FINS/c11-7-2-1-3-8-9(7)6(4-5-13)10(12)14-8/h1-3H,4H2. The highest BCUT2D eigenvalue weighted by atomic mass is 127. The van der Waals surface area contributed by atoms with Crippen molar-refractivity contribution in [2.24, 2.45) is 0 Å². The Hall–Kier alpha value is -0.670. The van der Waals surface area contributed by atoms with E-state index in [2.05, 4.69) is 28.7 Å². The van der Waals surface area contributed by atoms with E-state index in [4.69, 9.17) is 5.26 Å². The zero-order chi connectivity index (χ0) is 10.1. The Morgan fingerprint density at radius 2 is 2.29 bits per heavy atom. The number of nitriles is 1. The number of thiophene rings is 1. The van der Waals surface area contributed by atoms with Crippen LogP contribution in [-0.4, -0.2) is 0 Å². The van der Waals surface area contributed by atoms with Crippen LogP contribution >= 0.6 is 33.9 Å². The second kappa shape index (κ2) is 3.83. The van der Waals surface area contributed by atoms with Gasteiger partial charge < -0.3 is 0 Å². The molecule has 0 aliphatic carbocycles. The molecular formula is C10H5FINS. The molecule has 0 spiro atoms. The summed E-state index contributed by atoms with van der Waals surface area (Å²) < 4.78 is 15.4. The molecule has 4 heteroatoms. The van der Waals surface area contributed by atoms with Gasteiger partial charge in [0.15, 0.2) is 0 Å². The molecule has 1 heterocycles. The first-order valence-corrected chi connectivity index (χ1v) is 5.86. The van der Waals surface area contributed by atoms with Crippen molar-refractivity contribution in [2.75, 3.05) is 0 Å². The van der Waals surface area contributed by atoms with Gasteiger partial charge in [-0.25, -0.2) is 4.39 Å². The summed E-state index contributed by atoms with van der Waals surface area (Å²) in [6.07, 6.45) is 0.277. The summed E-state index contributed by atoms with van der Waals surface area (Å²) in [7, 11) is 0. The van der Waals surface area contributed by atoms with Gasteiger partial charge in [-0.05, 0) is 34.7 Å². The molecule has 0 radical (unpaired) electrons. The van der Waals surface area contributed by atoms with Gasteiger partial charge in [0, 0.05) is 15.6 Å². The van der Waals surface area contributed by atoms with Gasteiger partial charge in [0.2, 0.25) is 0 Å². The van der Waals surface area contributed by atoms with Crippen molar-refractivity contribution >= 4 is 44.0 Å². The lowest BCUT2D eigenvalue weighted by molar-refractivity contribution is 0.639. The van der Waals surface area contributed by atoms with Gasteiger partial charge in [-0.15, -0.1) is 11.3 Å². The molecule has 14 heavy (non-hydrogen) atoms. The smallest absolute Gasteiger partial charge is 0.132 e. The Morgan fingerprint density at radius 3 is 3.00 bits per heavy atom. The lowest BCUT2D eigenvalue weighted by Crippen LogP contribution is -1.84. The first kappa shape index (κ1) is 9.87. The van der Waals surface area contributed by atoms with E-state index in [1.165, 1.54) is 17.4 Å². The van der Waals surface area contributed by atoms with Gasteiger partial charge in [0.25, 0.3) is 0 Å². The molecule has 2 aromatic rings. The number of benzene rings is 1. The van der Waals surface area contributed by atoms with E-state index >= 15 is 0 Å². The number of fused-ring (bicyclic) bond motifs is 1. The summed E-state index contributed by atoms with van der Waals surface area (Å²) in [6, 6.07) is 7.08. The van der Waals surface area contributed by atoms with Crippen molar-refractivity contribution in [3.05, 3.63) is 32.5 Å². The van der Waals surface area contributed by atoms with Gasteiger partial charge >= 0.3 is 0 Å². The molecule has 0 saturated carbocycles. The molecule has 1 aromatic carbocycles. The third-order valence-electron chi connectivity index (χ3n) is 1.97. The zero-order valence-corrected chi connectivity index (χ0v) is 10.0. The van der Waals surface area contributed by atoms with Crippen molar-refractivity contribution in [3.8, 4) is 6.07 Å². The minimum absolute atomic E-state index is 0.230. The molecule has 1 aromatic heterocycles. The van der Waals surface area contributed by atoms with E-state index in [0.717, 1.165) is 13.1 Å². The molecule has 0 fully saturated rings. The number of hydrogen-bond acceptors (Lipinski definition) is 2. The van der Waals surface area contributed by atoms with Crippen molar-refractivity contribution in [2.45, 2.75) is 6.42 Å². The van der Waals surface area contributed by atoms with Crippen LogP contribution in [0.25, 0.3) is 10.1 Å². The minimum Gasteiger partial charge on any atom is -0.206 e. The normalized spacial score (nSPS) is 10.4. The maximum Gasteiger partial charge on any atom is 0.132 e. The third-order valence-corrected chi connectivity index (χ3v) is 4.27. The quantitative estimate of drug-likeness (QED) is 0.736. The van der Waals surface area contributed by atoms with Crippen LogP contribution in [0.15, 0.2) is 18.2 Å². The van der Waals surface area contributed by atoms with Crippen LogP contribution in [0, 0.1) is 20.0 Å². The van der Waals surface area contributed by atoms with Crippen molar-refractivity contribution in [1.29, 1.82) is 5.26 Å². The Kier molecular flexibility index (Phi) is 2.70. The number of hydrogen-bond donors (Lipinski definition) is 0. The molecule has 2 rings (SSSR count). The van der Waals surface area contributed by atoms with Crippen LogP contribution in [0.5, 0.6) is 0 Å². The van der Waals surface area contributed by atoms with E-state index in [1.807, 2.05) is 6.07 Å². The summed E-state index contributed by atoms with van der Waals surface area (Å²) in [6.45, 7) is 0. The summed E-state index contributed by atoms with van der Waals surface area (Å²) in [5.41, 5.74) is 0.825. The van der Waals surface area contributed by atoms with Crippen LogP contribution in [0.1, 0.15) is 5.56 Å². The minimum atomic E-state index is -0.230. The second-order valence-corrected chi connectivity index (χ2v) is 5.67. The molecule has 70 valence electrons. The maximum absolute atomic E-state index is 13.5. The van der Waals surface area contributed by atoms with Gasteiger partial charge in [0.05, 0.1) is 15.4 Å². The highest BCUT2D eigenvalue weighted by Gasteiger charge is 2.12. The Bertz CT molecular complexity index is 527.